The van der Waals surface area contributed by atoms with Crippen molar-refractivity contribution in [3.63, 3.8) is 0 Å². The molecule has 0 saturated heterocycles. The Balaban J connectivity index is 1.13. The Kier molecular flexibility index (Phi) is 6.67. The van der Waals surface area contributed by atoms with Crippen molar-refractivity contribution in [2.75, 3.05) is 0 Å². The first kappa shape index (κ1) is 31.3. The van der Waals surface area contributed by atoms with Gasteiger partial charge in [0.05, 0.1) is 28.4 Å². The molecular formula is C53H35N3. The Morgan fingerprint density at radius 2 is 1.09 bits per heavy atom. The van der Waals surface area contributed by atoms with Gasteiger partial charge in [0.2, 0.25) is 0 Å². The maximum absolute atomic E-state index is 5.20. The first-order valence-corrected chi connectivity index (χ1v) is 19.5. The van der Waals surface area contributed by atoms with Gasteiger partial charge in [0.15, 0.2) is 5.82 Å². The van der Waals surface area contributed by atoms with Crippen LogP contribution in [0.4, 0.5) is 0 Å². The third-order valence-electron chi connectivity index (χ3n) is 12.4. The number of hydrogen-bond acceptors (Lipinski definition) is 2. The molecule has 3 nitrogen and oxygen atoms in total. The van der Waals surface area contributed by atoms with E-state index in [1.54, 1.807) is 0 Å². The molecule has 262 valence electrons. The molecule has 7 aromatic carbocycles. The van der Waals surface area contributed by atoms with Gasteiger partial charge in [0, 0.05) is 33.0 Å². The van der Waals surface area contributed by atoms with Gasteiger partial charge in [-0.05, 0) is 81.3 Å². The molecule has 0 fully saturated rings. The highest BCUT2D eigenvalue weighted by molar-refractivity contribution is 6.13. The summed E-state index contributed by atoms with van der Waals surface area (Å²) in [4.78, 5) is 10.4. The number of fused-ring (bicyclic) bond motifs is 12. The van der Waals surface area contributed by atoms with Crippen LogP contribution in [0, 0.1) is 0 Å². The first-order valence-electron chi connectivity index (χ1n) is 19.5. The van der Waals surface area contributed by atoms with E-state index >= 15 is 0 Å². The lowest BCUT2D eigenvalue weighted by atomic mass is 9.62. The summed E-state index contributed by atoms with van der Waals surface area (Å²) in [6, 6.07) is 64.1. The van der Waals surface area contributed by atoms with Crippen molar-refractivity contribution < 1.29 is 0 Å². The number of aromatic nitrogens is 3. The Morgan fingerprint density at radius 3 is 1.80 bits per heavy atom. The second kappa shape index (κ2) is 11.9. The summed E-state index contributed by atoms with van der Waals surface area (Å²) in [7, 11) is 0. The van der Waals surface area contributed by atoms with Crippen LogP contribution in [-0.2, 0) is 5.41 Å². The highest BCUT2D eigenvalue weighted by Gasteiger charge is 2.53. The standard InChI is InChI=1S/C53H35N3/c1-3-16-34(17-4-1)47-33-48(35-18-5-2-6-19-35)55-52(54-47)37-21-15-20-36(30-37)38-31-42-41-24-9-13-28-49(41)56-50-29-14-12-27-45(50)53(46(32-38)51(42)56)43-25-10-7-22-39(43)40-23-8-11-26-44(40)53/h1-28,30-33,50H,29H2. The predicted molar refractivity (Wildman–Crippen MR) is 229 cm³/mol. The van der Waals surface area contributed by atoms with Crippen molar-refractivity contribution in [2.45, 2.75) is 17.9 Å². The summed E-state index contributed by atoms with van der Waals surface area (Å²) in [5.41, 5.74) is 17.6. The predicted octanol–water partition coefficient (Wildman–Crippen LogP) is 13.0. The molecule has 1 atom stereocenters. The highest BCUT2D eigenvalue weighted by atomic mass is 15.0. The van der Waals surface area contributed by atoms with E-state index in [-0.39, 0.29) is 6.04 Å². The van der Waals surface area contributed by atoms with Crippen molar-refractivity contribution in [3.8, 4) is 56.2 Å². The fourth-order valence-electron chi connectivity index (χ4n) is 10.1. The third kappa shape index (κ3) is 4.34. The van der Waals surface area contributed by atoms with Gasteiger partial charge in [-0.3, -0.25) is 0 Å². The number of allylic oxidation sites excluding steroid dienone is 4. The van der Waals surface area contributed by atoms with E-state index in [0.29, 0.717) is 5.82 Å². The first-order chi connectivity index (χ1) is 27.8. The monoisotopic (exact) mass is 713 g/mol. The quantitative estimate of drug-likeness (QED) is 0.182. The number of benzene rings is 7. The van der Waals surface area contributed by atoms with E-state index in [0.717, 1.165) is 40.1 Å². The molecule has 3 heteroatoms. The molecule has 3 aliphatic rings. The van der Waals surface area contributed by atoms with Crippen molar-refractivity contribution >= 4 is 21.8 Å². The maximum atomic E-state index is 5.20. The zero-order valence-corrected chi connectivity index (χ0v) is 30.6. The van der Waals surface area contributed by atoms with Gasteiger partial charge >= 0.3 is 0 Å². The minimum absolute atomic E-state index is 0.205. The van der Waals surface area contributed by atoms with Crippen LogP contribution in [0.5, 0.6) is 0 Å². The molecule has 0 N–H and O–H groups in total. The van der Waals surface area contributed by atoms with Crippen LogP contribution in [0.15, 0.2) is 200 Å². The third-order valence-corrected chi connectivity index (χ3v) is 12.4. The van der Waals surface area contributed by atoms with E-state index in [1.807, 2.05) is 12.1 Å². The fraction of sp³-hybridized carbons (Fsp3) is 0.0566. The summed E-state index contributed by atoms with van der Waals surface area (Å²) in [6.45, 7) is 0. The summed E-state index contributed by atoms with van der Waals surface area (Å²) in [5, 5.41) is 2.58. The summed E-state index contributed by atoms with van der Waals surface area (Å²) >= 11 is 0. The Bertz CT molecular complexity index is 3010. The molecule has 3 heterocycles. The lowest BCUT2D eigenvalue weighted by Gasteiger charge is -2.45. The zero-order chi connectivity index (χ0) is 36.8. The van der Waals surface area contributed by atoms with Gasteiger partial charge in [-0.25, -0.2) is 9.97 Å². The Hall–Kier alpha value is -7.10. The summed E-state index contributed by atoms with van der Waals surface area (Å²) in [5.74, 6) is 0.711. The van der Waals surface area contributed by atoms with Gasteiger partial charge in [0.25, 0.3) is 0 Å². The lowest BCUT2D eigenvalue weighted by molar-refractivity contribution is 0.514. The topological polar surface area (TPSA) is 30.7 Å². The lowest BCUT2D eigenvalue weighted by Crippen LogP contribution is -2.38. The number of nitrogens with zero attached hydrogens (tertiary/aromatic N) is 3. The van der Waals surface area contributed by atoms with Crippen molar-refractivity contribution in [3.05, 3.63) is 216 Å². The van der Waals surface area contributed by atoms with Crippen LogP contribution in [-0.4, -0.2) is 14.5 Å². The molecule has 1 spiro atoms. The molecule has 56 heavy (non-hydrogen) atoms. The molecule has 1 unspecified atom stereocenters. The zero-order valence-electron chi connectivity index (χ0n) is 30.6. The van der Waals surface area contributed by atoms with Crippen molar-refractivity contribution in [2.24, 2.45) is 0 Å². The molecule has 0 radical (unpaired) electrons. The van der Waals surface area contributed by atoms with E-state index in [2.05, 4.69) is 187 Å². The molecule has 2 aliphatic carbocycles. The molecule has 0 amide bonds. The summed E-state index contributed by atoms with van der Waals surface area (Å²) in [6.07, 6.45) is 8.01. The van der Waals surface area contributed by atoms with Crippen LogP contribution in [0.3, 0.4) is 0 Å². The van der Waals surface area contributed by atoms with Crippen LogP contribution >= 0.6 is 0 Å². The minimum Gasteiger partial charge on any atom is -0.333 e. The number of rotatable bonds is 4. The molecule has 0 bridgehead atoms. The average molecular weight is 714 g/mol. The largest absolute Gasteiger partial charge is 0.333 e. The SMILES string of the molecule is C1=CCC2C(=C1)C1(c3ccccc3-c3ccccc31)c1cc(-c3cccc(-c4nc(-c5ccccc5)cc(-c5ccccc5)n4)c3)cc3c4ccccc4n2c13. The van der Waals surface area contributed by atoms with Crippen LogP contribution in [0.2, 0.25) is 0 Å². The molecule has 2 aromatic heterocycles. The van der Waals surface area contributed by atoms with Gasteiger partial charge in [-0.1, -0.05) is 164 Å². The van der Waals surface area contributed by atoms with Gasteiger partial charge in [0.1, 0.15) is 0 Å². The normalized spacial score (nSPS) is 15.8. The second-order valence-electron chi connectivity index (χ2n) is 15.2. The molecule has 0 saturated carbocycles. The highest BCUT2D eigenvalue weighted by Crippen LogP contribution is 2.63. The van der Waals surface area contributed by atoms with Gasteiger partial charge in [-0.15, -0.1) is 0 Å². The van der Waals surface area contributed by atoms with Gasteiger partial charge < -0.3 is 4.57 Å². The smallest absolute Gasteiger partial charge is 0.160 e. The summed E-state index contributed by atoms with van der Waals surface area (Å²) < 4.78 is 2.65. The molecule has 9 aromatic rings. The Labute approximate surface area is 325 Å². The molecular weight excluding hydrogens is 679 g/mol. The number of hydrogen-bond donors (Lipinski definition) is 0. The Morgan fingerprint density at radius 1 is 0.482 bits per heavy atom. The van der Waals surface area contributed by atoms with E-state index in [1.165, 1.54) is 60.8 Å². The molecule has 1 aliphatic heterocycles. The van der Waals surface area contributed by atoms with Crippen LogP contribution in [0.1, 0.15) is 29.2 Å². The maximum Gasteiger partial charge on any atom is 0.160 e. The second-order valence-corrected chi connectivity index (χ2v) is 15.2. The van der Waals surface area contributed by atoms with Crippen molar-refractivity contribution in [1.82, 2.24) is 14.5 Å². The van der Waals surface area contributed by atoms with Crippen LogP contribution < -0.4 is 0 Å². The number of para-hydroxylation sites is 1. The van der Waals surface area contributed by atoms with E-state index in [4.69, 9.17) is 9.97 Å². The van der Waals surface area contributed by atoms with Crippen molar-refractivity contribution in [1.29, 1.82) is 0 Å². The van der Waals surface area contributed by atoms with E-state index in [9.17, 15) is 0 Å². The van der Waals surface area contributed by atoms with E-state index < -0.39 is 5.41 Å². The minimum atomic E-state index is -0.434. The average Bonchev–Trinajstić information content (AvgIpc) is 3.77. The van der Waals surface area contributed by atoms with Crippen LogP contribution in [0.25, 0.3) is 78.0 Å². The van der Waals surface area contributed by atoms with Gasteiger partial charge in [-0.2, -0.15) is 0 Å². The fourth-order valence-corrected chi connectivity index (χ4v) is 10.1. The molecule has 12 rings (SSSR count).